The lowest BCUT2D eigenvalue weighted by Crippen LogP contribution is -2.20. The first kappa shape index (κ1) is 9.99. The molecule has 13 heavy (non-hydrogen) atoms. The van der Waals surface area contributed by atoms with E-state index in [9.17, 15) is 0 Å². The molecule has 0 aliphatic rings. The van der Waals surface area contributed by atoms with Crippen molar-refractivity contribution < 1.29 is 0 Å². The molecule has 0 bridgehead atoms. The first-order valence-corrected chi connectivity index (χ1v) is 4.69. The minimum atomic E-state index is 0.286. The van der Waals surface area contributed by atoms with E-state index in [-0.39, 0.29) is 6.04 Å². The van der Waals surface area contributed by atoms with Crippen molar-refractivity contribution in [1.29, 1.82) is 0 Å². The molecular formula is C10H17N3. The van der Waals surface area contributed by atoms with Crippen molar-refractivity contribution in [2.45, 2.75) is 26.3 Å². The van der Waals surface area contributed by atoms with Crippen molar-refractivity contribution in [2.24, 2.45) is 0 Å². The van der Waals surface area contributed by atoms with E-state index in [1.165, 1.54) is 0 Å². The minimum Gasteiger partial charge on any atom is -0.383 e. The van der Waals surface area contributed by atoms with E-state index in [2.05, 4.69) is 24.1 Å². The number of rotatable bonds is 4. The summed E-state index contributed by atoms with van der Waals surface area (Å²) >= 11 is 0. The number of anilines is 1. The number of pyridine rings is 1. The maximum atomic E-state index is 5.74. The number of nitrogens with zero attached hydrogens (tertiary/aromatic N) is 1. The average Bonchev–Trinajstić information content (AvgIpc) is 2.15. The van der Waals surface area contributed by atoms with Crippen LogP contribution >= 0.6 is 0 Å². The summed E-state index contributed by atoms with van der Waals surface area (Å²) in [6.45, 7) is 5.25. The monoisotopic (exact) mass is 179 g/mol. The van der Waals surface area contributed by atoms with Crippen LogP contribution in [0.2, 0.25) is 0 Å². The average molecular weight is 179 g/mol. The second-order valence-corrected chi connectivity index (χ2v) is 3.15. The summed E-state index contributed by atoms with van der Waals surface area (Å²) in [4.78, 5) is 4.05. The molecule has 0 fully saturated rings. The molecular weight excluding hydrogens is 162 g/mol. The van der Waals surface area contributed by atoms with Gasteiger partial charge in [0, 0.05) is 17.8 Å². The summed E-state index contributed by atoms with van der Waals surface area (Å²) in [5.41, 5.74) is 6.82. The Morgan fingerprint density at radius 2 is 2.38 bits per heavy atom. The maximum Gasteiger partial charge on any atom is 0.128 e. The van der Waals surface area contributed by atoms with Crippen LogP contribution in [0.1, 0.15) is 31.9 Å². The molecule has 1 unspecified atom stereocenters. The molecule has 1 rings (SSSR count). The number of aromatic nitrogens is 1. The fourth-order valence-corrected chi connectivity index (χ4v) is 1.27. The molecule has 0 radical (unpaired) electrons. The van der Waals surface area contributed by atoms with Crippen molar-refractivity contribution in [3.05, 3.63) is 23.9 Å². The van der Waals surface area contributed by atoms with E-state index in [1.807, 2.05) is 12.1 Å². The molecule has 3 N–H and O–H groups in total. The van der Waals surface area contributed by atoms with E-state index >= 15 is 0 Å². The van der Waals surface area contributed by atoms with E-state index in [4.69, 9.17) is 5.73 Å². The molecule has 1 heterocycles. The Morgan fingerprint density at radius 3 is 3.00 bits per heavy atom. The zero-order valence-electron chi connectivity index (χ0n) is 8.25. The third-order valence-corrected chi connectivity index (χ3v) is 2.04. The fraction of sp³-hybridized carbons (Fsp3) is 0.500. The van der Waals surface area contributed by atoms with Crippen LogP contribution in [0.15, 0.2) is 18.3 Å². The molecule has 0 saturated carbocycles. The van der Waals surface area contributed by atoms with Crippen LogP contribution in [0.25, 0.3) is 0 Å². The number of nitrogens with one attached hydrogen (secondary N) is 1. The van der Waals surface area contributed by atoms with Gasteiger partial charge in [0.2, 0.25) is 0 Å². The van der Waals surface area contributed by atoms with Crippen LogP contribution in [0, 0.1) is 0 Å². The van der Waals surface area contributed by atoms with E-state index < -0.39 is 0 Å². The van der Waals surface area contributed by atoms with Crippen molar-refractivity contribution in [1.82, 2.24) is 10.3 Å². The smallest absolute Gasteiger partial charge is 0.128 e. The lowest BCUT2D eigenvalue weighted by molar-refractivity contribution is 0.571. The zero-order valence-corrected chi connectivity index (χ0v) is 8.25. The summed E-state index contributed by atoms with van der Waals surface area (Å²) < 4.78 is 0. The second-order valence-electron chi connectivity index (χ2n) is 3.15. The summed E-state index contributed by atoms with van der Waals surface area (Å²) in [6, 6.07) is 4.21. The molecule has 3 nitrogen and oxygen atoms in total. The highest BCUT2D eigenvalue weighted by molar-refractivity contribution is 5.40. The number of hydrogen-bond acceptors (Lipinski definition) is 3. The van der Waals surface area contributed by atoms with Gasteiger partial charge in [-0.25, -0.2) is 4.98 Å². The van der Waals surface area contributed by atoms with Crippen molar-refractivity contribution in [3.8, 4) is 0 Å². The van der Waals surface area contributed by atoms with Crippen molar-refractivity contribution in [3.63, 3.8) is 0 Å². The first-order chi connectivity index (χ1) is 6.25. The molecule has 1 atom stereocenters. The topological polar surface area (TPSA) is 50.9 Å². The molecule has 0 spiro atoms. The Hall–Kier alpha value is -1.09. The van der Waals surface area contributed by atoms with Crippen LogP contribution in [0.3, 0.4) is 0 Å². The summed E-state index contributed by atoms with van der Waals surface area (Å²) in [6.07, 6.45) is 2.84. The fourth-order valence-electron chi connectivity index (χ4n) is 1.27. The molecule has 0 aromatic carbocycles. The van der Waals surface area contributed by atoms with Gasteiger partial charge in [0.05, 0.1) is 0 Å². The van der Waals surface area contributed by atoms with Gasteiger partial charge < -0.3 is 11.1 Å². The van der Waals surface area contributed by atoms with Crippen LogP contribution in [0.5, 0.6) is 0 Å². The van der Waals surface area contributed by atoms with Gasteiger partial charge in [-0.2, -0.15) is 0 Å². The Labute approximate surface area is 79.4 Å². The van der Waals surface area contributed by atoms with Gasteiger partial charge in [-0.1, -0.05) is 13.0 Å². The third kappa shape index (κ3) is 2.70. The highest BCUT2D eigenvalue weighted by atomic mass is 14.9. The molecule has 1 aromatic heterocycles. The Kier molecular flexibility index (Phi) is 3.71. The largest absolute Gasteiger partial charge is 0.383 e. The standard InChI is InChI=1S/C10H17N3/c1-3-6-12-8(2)9-5-4-7-13-10(9)11/h4-5,7-8,12H,3,6H2,1-2H3,(H2,11,13). The normalized spacial score (nSPS) is 12.8. The van der Waals surface area contributed by atoms with Crippen molar-refractivity contribution >= 4 is 5.82 Å². The molecule has 72 valence electrons. The van der Waals surface area contributed by atoms with Gasteiger partial charge in [0.1, 0.15) is 5.82 Å². The number of hydrogen-bond donors (Lipinski definition) is 2. The van der Waals surface area contributed by atoms with Gasteiger partial charge in [-0.3, -0.25) is 0 Å². The van der Waals surface area contributed by atoms with Crippen LogP contribution in [-0.2, 0) is 0 Å². The highest BCUT2D eigenvalue weighted by Crippen LogP contribution is 2.16. The SMILES string of the molecule is CCCNC(C)c1cccnc1N. The maximum absolute atomic E-state index is 5.74. The van der Waals surface area contributed by atoms with E-state index in [0.717, 1.165) is 18.5 Å². The predicted molar refractivity (Wildman–Crippen MR) is 55.4 cm³/mol. The van der Waals surface area contributed by atoms with Gasteiger partial charge in [0.25, 0.3) is 0 Å². The van der Waals surface area contributed by atoms with Crippen molar-refractivity contribution in [2.75, 3.05) is 12.3 Å². The lowest BCUT2D eigenvalue weighted by atomic mass is 10.1. The zero-order chi connectivity index (χ0) is 9.68. The lowest BCUT2D eigenvalue weighted by Gasteiger charge is -2.14. The summed E-state index contributed by atoms with van der Waals surface area (Å²) in [5.74, 6) is 0.624. The van der Waals surface area contributed by atoms with Gasteiger partial charge in [0.15, 0.2) is 0 Å². The predicted octanol–water partition coefficient (Wildman–Crippen LogP) is 1.72. The van der Waals surface area contributed by atoms with Crippen LogP contribution in [0.4, 0.5) is 5.82 Å². The van der Waals surface area contributed by atoms with E-state index in [0.29, 0.717) is 5.82 Å². The summed E-state index contributed by atoms with van der Waals surface area (Å²) in [7, 11) is 0. The van der Waals surface area contributed by atoms with Gasteiger partial charge in [-0.15, -0.1) is 0 Å². The van der Waals surface area contributed by atoms with Gasteiger partial charge >= 0.3 is 0 Å². The van der Waals surface area contributed by atoms with Crippen LogP contribution in [-0.4, -0.2) is 11.5 Å². The van der Waals surface area contributed by atoms with Gasteiger partial charge in [-0.05, 0) is 26.0 Å². The molecule has 0 amide bonds. The molecule has 0 aliphatic carbocycles. The summed E-state index contributed by atoms with van der Waals surface area (Å²) in [5, 5.41) is 3.37. The Bertz CT molecular complexity index is 260. The van der Waals surface area contributed by atoms with Crippen LogP contribution < -0.4 is 11.1 Å². The minimum absolute atomic E-state index is 0.286. The first-order valence-electron chi connectivity index (χ1n) is 4.69. The number of nitrogens with two attached hydrogens (primary N) is 1. The molecule has 0 aliphatic heterocycles. The quantitative estimate of drug-likeness (QED) is 0.740. The highest BCUT2D eigenvalue weighted by Gasteiger charge is 2.07. The second kappa shape index (κ2) is 4.82. The molecule has 1 aromatic rings. The van der Waals surface area contributed by atoms with E-state index in [1.54, 1.807) is 6.20 Å². The Balaban J connectivity index is 2.65. The molecule has 3 heteroatoms. The third-order valence-electron chi connectivity index (χ3n) is 2.04. The Morgan fingerprint density at radius 1 is 1.62 bits per heavy atom. The molecule has 0 saturated heterocycles. The number of nitrogen functional groups attached to an aromatic ring is 1.